The van der Waals surface area contributed by atoms with Crippen molar-refractivity contribution < 1.29 is 18.5 Å². The molecule has 6 nitrogen and oxygen atoms in total. The van der Waals surface area contributed by atoms with E-state index in [2.05, 4.69) is 15.8 Å². The van der Waals surface area contributed by atoms with Crippen molar-refractivity contribution in [3.8, 4) is 11.3 Å². The molecule has 2 N–H and O–H groups in total. The van der Waals surface area contributed by atoms with Gasteiger partial charge in [0.2, 0.25) is 11.7 Å². The summed E-state index contributed by atoms with van der Waals surface area (Å²) in [5, 5.41) is 9.57. The molecule has 4 rings (SSSR count). The summed E-state index contributed by atoms with van der Waals surface area (Å²) in [6, 6.07) is 14.5. The first-order valence-electron chi connectivity index (χ1n) is 9.44. The lowest BCUT2D eigenvalue weighted by Gasteiger charge is -2.14. The lowest BCUT2D eigenvalue weighted by molar-refractivity contribution is -0.117. The highest BCUT2D eigenvalue weighted by molar-refractivity contribution is 5.94. The second kappa shape index (κ2) is 7.87. The maximum atomic E-state index is 13.4. The van der Waals surface area contributed by atoms with Gasteiger partial charge in [-0.15, -0.1) is 0 Å². The molecule has 1 fully saturated rings. The van der Waals surface area contributed by atoms with Crippen molar-refractivity contribution in [1.82, 2.24) is 10.5 Å². The molecule has 1 aliphatic carbocycles. The van der Waals surface area contributed by atoms with E-state index in [0.717, 1.165) is 24.1 Å². The molecule has 0 aliphatic heterocycles. The first kappa shape index (κ1) is 18.9. The number of nitrogens with one attached hydrogen (secondary N) is 2. The van der Waals surface area contributed by atoms with Crippen LogP contribution in [0.4, 0.5) is 10.1 Å². The second-order valence-corrected chi connectivity index (χ2v) is 7.17. The molecule has 0 radical (unpaired) electrons. The van der Waals surface area contributed by atoms with Gasteiger partial charge in [0.1, 0.15) is 11.5 Å². The zero-order valence-corrected chi connectivity index (χ0v) is 15.8. The summed E-state index contributed by atoms with van der Waals surface area (Å²) in [5.41, 5.74) is 2.54. The van der Waals surface area contributed by atoms with E-state index in [1.165, 1.54) is 18.2 Å². The molecule has 0 unspecified atom stereocenters. The number of carbonyl (C=O) groups excluding carboxylic acids is 2. The summed E-state index contributed by atoms with van der Waals surface area (Å²) in [7, 11) is 0. The molecule has 0 spiro atoms. The van der Waals surface area contributed by atoms with E-state index in [4.69, 9.17) is 4.52 Å². The van der Waals surface area contributed by atoms with Crippen LogP contribution in [-0.4, -0.2) is 17.0 Å². The molecule has 2 amide bonds. The minimum Gasteiger partial charge on any atom is -0.350 e. The monoisotopic (exact) mass is 393 g/mol. The molecular weight excluding hydrogens is 373 g/mol. The van der Waals surface area contributed by atoms with E-state index in [1.807, 2.05) is 31.2 Å². The van der Waals surface area contributed by atoms with Crippen molar-refractivity contribution >= 4 is 17.5 Å². The van der Waals surface area contributed by atoms with Crippen LogP contribution in [-0.2, 0) is 4.79 Å². The first-order chi connectivity index (χ1) is 14.0. The van der Waals surface area contributed by atoms with Gasteiger partial charge in [-0.3, -0.25) is 9.59 Å². The average Bonchev–Trinajstić information content (AvgIpc) is 3.45. The summed E-state index contributed by atoms with van der Waals surface area (Å²) in [5.74, 6) is -0.560. The number of rotatable bonds is 6. The third kappa shape index (κ3) is 4.51. The fourth-order valence-corrected chi connectivity index (χ4v) is 2.96. The quantitative estimate of drug-likeness (QED) is 0.653. The number of carbonyl (C=O) groups is 2. The minimum absolute atomic E-state index is 0.0458. The van der Waals surface area contributed by atoms with Crippen LogP contribution < -0.4 is 10.6 Å². The molecule has 1 saturated carbocycles. The second-order valence-electron chi connectivity index (χ2n) is 7.17. The minimum atomic E-state index is -0.418. The molecule has 1 heterocycles. The predicted molar refractivity (Wildman–Crippen MR) is 106 cm³/mol. The van der Waals surface area contributed by atoms with Crippen LogP contribution >= 0.6 is 0 Å². The number of aromatic nitrogens is 1. The molecule has 1 atom stereocenters. The van der Waals surface area contributed by atoms with Crippen molar-refractivity contribution in [2.45, 2.75) is 25.8 Å². The molecule has 2 aromatic carbocycles. The highest BCUT2D eigenvalue weighted by atomic mass is 19.1. The Morgan fingerprint density at radius 1 is 1.14 bits per heavy atom. The SMILES string of the molecule is C[C@H](NC(=O)c1cc(-c2cccc(F)c2)no1)c1ccc(NC(=O)C2CC2)cc1. The maximum absolute atomic E-state index is 13.4. The molecule has 7 heteroatoms. The number of halogens is 1. The first-order valence-corrected chi connectivity index (χ1v) is 9.44. The lowest BCUT2D eigenvalue weighted by Crippen LogP contribution is -2.26. The number of hydrogen-bond acceptors (Lipinski definition) is 4. The number of amides is 2. The third-order valence-electron chi connectivity index (χ3n) is 4.83. The van der Waals surface area contributed by atoms with Gasteiger partial charge in [-0.05, 0) is 49.6 Å². The Morgan fingerprint density at radius 3 is 2.59 bits per heavy atom. The average molecular weight is 393 g/mol. The molecular formula is C22H20FN3O3. The molecule has 0 bridgehead atoms. The Bertz CT molecular complexity index is 1040. The van der Waals surface area contributed by atoms with Crippen LogP contribution in [0.25, 0.3) is 11.3 Å². The Labute approximate surface area is 167 Å². The van der Waals surface area contributed by atoms with Gasteiger partial charge >= 0.3 is 0 Å². The Balaban J connectivity index is 1.38. The largest absolute Gasteiger partial charge is 0.350 e. The smallest absolute Gasteiger partial charge is 0.290 e. The lowest BCUT2D eigenvalue weighted by atomic mass is 10.1. The van der Waals surface area contributed by atoms with Crippen molar-refractivity contribution in [3.05, 3.63) is 71.7 Å². The van der Waals surface area contributed by atoms with E-state index < -0.39 is 5.91 Å². The van der Waals surface area contributed by atoms with Crippen LogP contribution in [0.1, 0.15) is 41.9 Å². The van der Waals surface area contributed by atoms with Gasteiger partial charge in [0.05, 0.1) is 6.04 Å². The van der Waals surface area contributed by atoms with E-state index in [1.54, 1.807) is 12.1 Å². The fraction of sp³-hybridized carbons (Fsp3) is 0.227. The fourth-order valence-electron chi connectivity index (χ4n) is 2.96. The van der Waals surface area contributed by atoms with E-state index in [9.17, 15) is 14.0 Å². The highest BCUT2D eigenvalue weighted by Gasteiger charge is 2.29. The van der Waals surface area contributed by atoms with Crippen molar-refractivity contribution in [1.29, 1.82) is 0 Å². The summed E-state index contributed by atoms with van der Waals surface area (Å²) < 4.78 is 18.5. The third-order valence-corrected chi connectivity index (χ3v) is 4.83. The van der Waals surface area contributed by atoms with Gasteiger partial charge < -0.3 is 15.2 Å². The van der Waals surface area contributed by atoms with Crippen LogP contribution in [0.5, 0.6) is 0 Å². The Morgan fingerprint density at radius 2 is 1.90 bits per heavy atom. The van der Waals surface area contributed by atoms with E-state index >= 15 is 0 Å². The van der Waals surface area contributed by atoms with Gasteiger partial charge in [-0.25, -0.2) is 4.39 Å². The number of anilines is 1. The molecule has 0 saturated heterocycles. The molecule has 3 aromatic rings. The molecule has 1 aliphatic rings. The predicted octanol–water partition coefficient (Wildman–Crippen LogP) is 4.32. The number of benzene rings is 2. The van der Waals surface area contributed by atoms with Gasteiger partial charge in [0.15, 0.2) is 0 Å². The van der Waals surface area contributed by atoms with Gasteiger partial charge in [-0.2, -0.15) is 0 Å². The summed E-state index contributed by atoms with van der Waals surface area (Å²) in [4.78, 5) is 24.3. The normalized spacial score (nSPS) is 14.3. The topological polar surface area (TPSA) is 84.2 Å². The van der Waals surface area contributed by atoms with Gasteiger partial charge in [0.25, 0.3) is 5.91 Å². The number of hydrogen-bond donors (Lipinski definition) is 2. The Hall–Kier alpha value is -3.48. The van der Waals surface area contributed by atoms with E-state index in [0.29, 0.717) is 11.3 Å². The molecule has 1 aromatic heterocycles. The summed E-state index contributed by atoms with van der Waals surface area (Å²) in [6.07, 6.45) is 1.91. The summed E-state index contributed by atoms with van der Waals surface area (Å²) in [6.45, 7) is 1.85. The van der Waals surface area contributed by atoms with Crippen LogP contribution in [0.15, 0.2) is 59.1 Å². The number of nitrogens with zero attached hydrogens (tertiary/aromatic N) is 1. The Kier molecular flexibility index (Phi) is 5.12. The zero-order valence-electron chi connectivity index (χ0n) is 15.8. The zero-order chi connectivity index (χ0) is 20.4. The molecule has 148 valence electrons. The standard InChI is InChI=1S/C22H20FN3O3/c1-13(14-7-9-18(10-8-14)25-21(27)15-5-6-15)24-22(28)20-12-19(26-29-20)16-3-2-4-17(23)11-16/h2-4,7-13,15H,5-6H2,1H3,(H,24,28)(H,25,27)/t13-/m0/s1. The van der Waals surface area contributed by atoms with Crippen molar-refractivity contribution in [3.63, 3.8) is 0 Å². The molecule has 29 heavy (non-hydrogen) atoms. The van der Waals surface area contributed by atoms with Crippen LogP contribution in [0.3, 0.4) is 0 Å². The maximum Gasteiger partial charge on any atom is 0.290 e. The van der Waals surface area contributed by atoms with Crippen molar-refractivity contribution in [2.75, 3.05) is 5.32 Å². The van der Waals surface area contributed by atoms with E-state index in [-0.39, 0.29) is 29.4 Å². The van der Waals surface area contributed by atoms with Gasteiger partial charge in [0, 0.05) is 23.2 Å². The van der Waals surface area contributed by atoms with Gasteiger partial charge in [-0.1, -0.05) is 29.4 Å². The van der Waals surface area contributed by atoms with Crippen LogP contribution in [0, 0.1) is 11.7 Å². The van der Waals surface area contributed by atoms with Crippen LogP contribution in [0.2, 0.25) is 0 Å². The highest BCUT2D eigenvalue weighted by Crippen LogP contribution is 2.30. The summed E-state index contributed by atoms with van der Waals surface area (Å²) >= 11 is 0. The van der Waals surface area contributed by atoms with Crippen molar-refractivity contribution in [2.24, 2.45) is 5.92 Å².